The minimum atomic E-state index is -0.836. The Balaban J connectivity index is 1.77. The van der Waals surface area contributed by atoms with Gasteiger partial charge in [-0.1, -0.05) is 18.2 Å². The van der Waals surface area contributed by atoms with Gasteiger partial charge in [-0.2, -0.15) is 5.26 Å². The number of ether oxygens (including phenoxy) is 1. The number of fused-ring (bicyclic) bond motifs is 1. The van der Waals surface area contributed by atoms with E-state index in [1.54, 1.807) is 30.3 Å². The normalized spacial score (nSPS) is 15.4. The Labute approximate surface area is 143 Å². The largest absolute Gasteiger partial charge is 0.455 e. The van der Waals surface area contributed by atoms with Gasteiger partial charge in [0.25, 0.3) is 0 Å². The molecule has 1 saturated carbocycles. The monoisotopic (exact) mass is 336 g/mol. The van der Waals surface area contributed by atoms with Gasteiger partial charge < -0.3 is 4.74 Å². The molecule has 0 radical (unpaired) electrons. The van der Waals surface area contributed by atoms with E-state index in [9.17, 15) is 14.0 Å². The van der Waals surface area contributed by atoms with Gasteiger partial charge in [-0.15, -0.1) is 0 Å². The maximum atomic E-state index is 14.5. The molecule has 1 fully saturated rings. The van der Waals surface area contributed by atoms with Crippen LogP contribution in [0.25, 0.3) is 10.9 Å². The molecule has 2 aromatic carbocycles. The van der Waals surface area contributed by atoms with E-state index in [4.69, 9.17) is 4.74 Å². The molecule has 1 heterocycles. The van der Waals surface area contributed by atoms with Crippen LogP contribution in [0.5, 0.6) is 11.5 Å². The zero-order valence-electron chi connectivity index (χ0n) is 13.3. The molecular formula is C20H14F2N2O. The van der Waals surface area contributed by atoms with E-state index in [0.29, 0.717) is 35.3 Å². The average molecular weight is 336 g/mol. The number of hydrogen-bond donors (Lipinski definition) is 0. The SMILES string of the molecule is N#CC1(c2c(F)cccc2Oc2cnc3c(F)cccc3c2)CCC1. The first-order valence-electron chi connectivity index (χ1n) is 8.05. The molecule has 1 aliphatic carbocycles. The van der Waals surface area contributed by atoms with Crippen molar-refractivity contribution in [2.45, 2.75) is 24.7 Å². The molecule has 3 nitrogen and oxygen atoms in total. The lowest BCUT2D eigenvalue weighted by Gasteiger charge is -2.36. The predicted molar refractivity (Wildman–Crippen MR) is 89.3 cm³/mol. The van der Waals surface area contributed by atoms with E-state index >= 15 is 0 Å². The fourth-order valence-corrected chi connectivity index (χ4v) is 3.29. The highest BCUT2D eigenvalue weighted by molar-refractivity contribution is 5.80. The van der Waals surface area contributed by atoms with Crippen LogP contribution in [0.15, 0.2) is 48.7 Å². The van der Waals surface area contributed by atoms with Gasteiger partial charge in [-0.3, -0.25) is 0 Å². The first-order valence-corrected chi connectivity index (χ1v) is 8.05. The van der Waals surface area contributed by atoms with Gasteiger partial charge >= 0.3 is 0 Å². The van der Waals surface area contributed by atoms with Crippen LogP contribution < -0.4 is 4.74 Å². The fraction of sp³-hybridized carbons (Fsp3) is 0.200. The minimum Gasteiger partial charge on any atom is -0.455 e. The van der Waals surface area contributed by atoms with Gasteiger partial charge in [0, 0.05) is 5.39 Å². The molecule has 0 atom stereocenters. The molecule has 0 bridgehead atoms. The third-order valence-electron chi connectivity index (χ3n) is 4.74. The molecule has 1 aliphatic rings. The standard InChI is InChI=1S/C20H14F2N2O/c21-15-5-2-7-17(18(15)20(12-23)8-3-9-20)25-14-10-13-4-1-6-16(22)19(13)24-11-14/h1-2,4-7,10-11H,3,8-9H2. The molecule has 0 saturated heterocycles. The van der Waals surface area contributed by atoms with Crippen molar-refractivity contribution in [1.82, 2.24) is 4.98 Å². The lowest BCUT2D eigenvalue weighted by molar-refractivity contribution is 0.302. The molecule has 124 valence electrons. The number of aromatic nitrogens is 1. The van der Waals surface area contributed by atoms with Crippen LogP contribution in [0, 0.1) is 23.0 Å². The summed E-state index contributed by atoms with van der Waals surface area (Å²) in [5.41, 5.74) is -0.290. The number of hydrogen-bond acceptors (Lipinski definition) is 3. The van der Waals surface area contributed by atoms with Crippen LogP contribution in [-0.4, -0.2) is 4.98 Å². The third kappa shape index (κ3) is 2.51. The summed E-state index contributed by atoms with van der Waals surface area (Å²) in [5, 5.41) is 10.1. The van der Waals surface area contributed by atoms with E-state index in [2.05, 4.69) is 11.1 Å². The van der Waals surface area contributed by atoms with Gasteiger partial charge in [-0.25, -0.2) is 13.8 Å². The fourth-order valence-electron chi connectivity index (χ4n) is 3.29. The maximum absolute atomic E-state index is 14.5. The van der Waals surface area contributed by atoms with Gasteiger partial charge in [0.2, 0.25) is 0 Å². The van der Waals surface area contributed by atoms with Crippen molar-refractivity contribution in [2.24, 2.45) is 0 Å². The lowest BCUT2D eigenvalue weighted by Crippen LogP contribution is -2.33. The third-order valence-corrected chi connectivity index (χ3v) is 4.74. The summed E-state index contributed by atoms with van der Waals surface area (Å²) in [6.07, 6.45) is 3.52. The smallest absolute Gasteiger partial charge is 0.149 e. The van der Waals surface area contributed by atoms with Gasteiger partial charge in [0.1, 0.15) is 28.7 Å². The lowest BCUT2D eigenvalue weighted by atomic mass is 9.65. The van der Waals surface area contributed by atoms with Crippen LogP contribution in [0.4, 0.5) is 8.78 Å². The molecule has 0 N–H and O–H groups in total. The highest BCUT2D eigenvalue weighted by Gasteiger charge is 2.43. The number of nitrogens with zero attached hydrogens (tertiary/aromatic N) is 2. The molecule has 0 amide bonds. The maximum Gasteiger partial charge on any atom is 0.149 e. The van der Waals surface area contributed by atoms with Crippen molar-refractivity contribution in [3.8, 4) is 17.6 Å². The van der Waals surface area contributed by atoms with Gasteiger partial charge in [0.05, 0.1) is 23.2 Å². The summed E-state index contributed by atoms with van der Waals surface area (Å²) in [4.78, 5) is 4.09. The zero-order chi connectivity index (χ0) is 17.4. The number of benzene rings is 2. The van der Waals surface area contributed by atoms with Crippen LogP contribution in [0.1, 0.15) is 24.8 Å². The minimum absolute atomic E-state index is 0.252. The van der Waals surface area contributed by atoms with Crippen molar-refractivity contribution in [3.05, 3.63) is 65.9 Å². The first-order chi connectivity index (χ1) is 12.1. The molecule has 0 aliphatic heterocycles. The Morgan fingerprint density at radius 3 is 2.56 bits per heavy atom. The molecule has 3 aromatic rings. The predicted octanol–water partition coefficient (Wildman–Crippen LogP) is 5.25. The van der Waals surface area contributed by atoms with Crippen molar-refractivity contribution in [1.29, 1.82) is 5.26 Å². The average Bonchev–Trinajstić information content (AvgIpc) is 2.57. The van der Waals surface area contributed by atoms with E-state index in [1.165, 1.54) is 18.3 Å². The highest BCUT2D eigenvalue weighted by atomic mass is 19.1. The van der Waals surface area contributed by atoms with Gasteiger partial charge in [0.15, 0.2) is 0 Å². The molecular weight excluding hydrogens is 322 g/mol. The van der Waals surface area contributed by atoms with E-state index < -0.39 is 17.0 Å². The second kappa shape index (κ2) is 5.82. The van der Waals surface area contributed by atoms with E-state index in [0.717, 1.165) is 6.42 Å². The first kappa shape index (κ1) is 15.5. The second-order valence-electron chi connectivity index (χ2n) is 6.25. The topological polar surface area (TPSA) is 45.9 Å². The Bertz CT molecular complexity index is 1010. The summed E-state index contributed by atoms with van der Waals surface area (Å²) in [7, 11) is 0. The Morgan fingerprint density at radius 2 is 1.84 bits per heavy atom. The van der Waals surface area contributed by atoms with Crippen molar-refractivity contribution in [2.75, 3.05) is 0 Å². The number of para-hydroxylation sites is 1. The number of halogens is 2. The highest BCUT2D eigenvalue weighted by Crippen LogP contribution is 2.48. The Kier molecular flexibility index (Phi) is 3.61. The van der Waals surface area contributed by atoms with E-state index in [1.807, 2.05) is 0 Å². The second-order valence-corrected chi connectivity index (χ2v) is 6.25. The number of rotatable bonds is 3. The summed E-state index contributed by atoms with van der Waals surface area (Å²) in [6, 6.07) is 13.1. The Morgan fingerprint density at radius 1 is 1.08 bits per heavy atom. The molecule has 5 heteroatoms. The van der Waals surface area contributed by atoms with Crippen LogP contribution in [0.2, 0.25) is 0 Å². The van der Waals surface area contributed by atoms with Crippen molar-refractivity contribution < 1.29 is 13.5 Å². The number of nitriles is 1. The van der Waals surface area contributed by atoms with E-state index in [-0.39, 0.29) is 5.52 Å². The van der Waals surface area contributed by atoms with Crippen LogP contribution in [0.3, 0.4) is 0 Å². The summed E-state index contributed by atoms with van der Waals surface area (Å²) < 4.78 is 34.0. The van der Waals surface area contributed by atoms with Crippen molar-refractivity contribution in [3.63, 3.8) is 0 Å². The molecule has 1 aromatic heterocycles. The van der Waals surface area contributed by atoms with Gasteiger partial charge in [-0.05, 0) is 43.5 Å². The van der Waals surface area contributed by atoms with Crippen molar-refractivity contribution >= 4 is 10.9 Å². The summed E-state index contributed by atoms with van der Waals surface area (Å²) in [5.74, 6) is -0.178. The Hall–Kier alpha value is -3.00. The van der Waals surface area contributed by atoms with Crippen LogP contribution >= 0.6 is 0 Å². The molecule has 0 unspecified atom stereocenters. The summed E-state index contributed by atoms with van der Waals surface area (Å²) >= 11 is 0. The summed E-state index contributed by atoms with van der Waals surface area (Å²) in [6.45, 7) is 0. The molecule has 4 rings (SSSR count). The quantitative estimate of drug-likeness (QED) is 0.656. The zero-order valence-corrected chi connectivity index (χ0v) is 13.3. The number of pyridine rings is 1. The molecule has 0 spiro atoms. The van der Waals surface area contributed by atoms with Crippen LogP contribution in [-0.2, 0) is 5.41 Å². The molecule has 25 heavy (non-hydrogen) atoms.